The number of aliphatic hydroxyl groups is 1. The lowest BCUT2D eigenvalue weighted by Gasteiger charge is -2.59. The number of benzene rings is 2. The first-order valence-corrected chi connectivity index (χ1v) is 14.6. The SMILES string of the molecule is C[C@H](OC(=O)CCNC(=O)[C@@H](N)Cc1ccccc1)C(=O)OC1=CC[C@@]2(O)[C@@H]3CCC[C@@]24c2c(ccc(O)c2O[C@@H]14)C3. The Bertz CT molecular complexity index is 1440. The summed E-state index contributed by atoms with van der Waals surface area (Å²) >= 11 is 0. The Morgan fingerprint density at radius 3 is 2.76 bits per heavy atom. The molecule has 0 radical (unpaired) electrons. The van der Waals surface area contributed by atoms with Gasteiger partial charge in [-0.25, -0.2) is 4.79 Å². The molecule has 2 aromatic rings. The standard InChI is InChI=1S/C32H36N2O8/c1-18(40-25(36)12-15-34-29(37)22(33)16-19-6-3-2-4-7-19)30(38)41-24-11-14-32(39)21-8-5-13-31(32)26-20(17-21)9-10-23(35)27(26)42-28(24)31/h2-4,6-7,9-11,18,21-22,28,35,39H,5,8,12-17,33H2,1H3,(H,34,37)/t18-,21+,22-,28-,31-,32+/m0/s1. The van der Waals surface area contributed by atoms with Gasteiger partial charge in [-0.05, 0) is 68.2 Å². The number of phenols is 1. The van der Waals surface area contributed by atoms with Crippen molar-refractivity contribution in [2.45, 2.75) is 81.1 Å². The van der Waals surface area contributed by atoms with Gasteiger partial charge in [-0.2, -0.15) is 0 Å². The molecule has 0 saturated heterocycles. The molecule has 222 valence electrons. The van der Waals surface area contributed by atoms with Crippen molar-refractivity contribution < 1.29 is 38.8 Å². The number of rotatable bonds is 9. The molecular formula is C32H36N2O8. The summed E-state index contributed by atoms with van der Waals surface area (Å²) in [6, 6.07) is 12.1. The van der Waals surface area contributed by atoms with Crippen LogP contribution in [-0.2, 0) is 42.1 Å². The van der Waals surface area contributed by atoms with Crippen LogP contribution in [0.2, 0.25) is 0 Å². The number of carbonyl (C=O) groups excluding carboxylic acids is 3. The van der Waals surface area contributed by atoms with Gasteiger partial charge in [-0.3, -0.25) is 9.59 Å². The highest BCUT2D eigenvalue weighted by Gasteiger charge is 2.70. The van der Waals surface area contributed by atoms with Crippen molar-refractivity contribution in [3.8, 4) is 11.5 Å². The van der Waals surface area contributed by atoms with Crippen molar-refractivity contribution in [1.29, 1.82) is 0 Å². The highest BCUT2D eigenvalue weighted by Crippen LogP contribution is 2.67. The van der Waals surface area contributed by atoms with Gasteiger partial charge in [0.2, 0.25) is 5.91 Å². The molecule has 2 aromatic carbocycles. The van der Waals surface area contributed by atoms with Crippen LogP contribution in [0, 0.1) is 5.92 Å². The second-order valence-corrected chi connectivity index (χ2v) is 11.8. The van der Waals surface area contributed by atoms with E-state index in [-0.39, 0.29) is 42.7 Å². The average molecular weight is 577 g/mol. The third-order valence-electron chi connectivity index (χ3n) is 9.39. The monoisotopic (exact) mass is 576 g/mol. The minimum Gasteiger partial charge on any atom is -0.504 e. The first-order valence-electron chi connectivity index (χ1n) is 14.6. The van der Waals surface area contributed by atoms with E-state index in [0.29, 0.717) is 25.0 Å². The summed E-state index contributed by atoms with van der Waals surface area (Å²) in [6.45, 7) is 1.42. The minimum absolute atomic E-state index is 0.00927. The van der Waals surface area contributed by atoms with Gasteiger partial charge in [0.05, 0.1) is 23.5 Å². The lowest BCUT2D eigenvalue weighted by molar-refractivity contribution is -0.171. The summed E-state index contributed by atoms with van der Waals surface area (Å²) in [5.74, 6) is -1.24. The summed E-state index contributed by atoms with van der Waals surface area (Å²) in [7, 11) is 0. The zero-order valence-corrected chi connectivity index (χ0v) is 23.5. The third kappa shape index (κ3) is 4.53. The van der Waals surface area contributed by atoms with Gasteiger partial charge in [0.25, 0.3) is 0 Å². The third-order valence-corrected chi connectivity index (χ3v) is 9.39. The molecule has 10 nitrogen and oxygen atoms in total. The summed E-state index contributed by atoms with van der Waals surface area (Å²) < 4.78 is 17.3. The number of ether oxygens (including phenoxy) is 3. The molecule has 0 unspecified atom stereocenters. The fraction of sp³-hybridized carbons (Fsp3) is 0.469. The van der Waals surface area contributed by atoms with Crippen LogP contribution in [-0.4, -0.2) is 58.5 Å². The van der Waals surface area contributed by atoms with Gasteiger partial charge in [0.15, 0.2) is 23.7 Å². The Morgan fingerprint density at radius 1 is 1.19 bits per heavy atom. The van der Waals surface area contributed by atoms with E-state index in [1.807, 2.05) is 36.4 Å². The van der Waals surface area contributed by atoms with Gasteiger partial charge < -0.3 is 35.5 Å². The number of carbonyl (C=O) groups is 3. The molecule has 1 amide bonds. The quantitative estimate of drug-likeness (QED) is 0.329. The number of esters is 2. The number of nitrogens with two attached hydrogens (primary N) is 1. The van der Waals surface area contributed by atoms with Crippen LogP contribution in [0.5, 0.6) is 11.5 Å². The van der Waals surface area contributed by atoms with Crippen LogP contribution in [0.4, 0.5) is 0 Å². The molecule has 1 fully saturated rings. The number of hydrogen-bond donors (Lipinski definition) is 4. The highest BCUT2D eigenvalue weighted by molar-refractivity contribution is 5.83. The Morgan fingerprint density at radius 2 is 1.98 bits per heavy atom. The summed E-state index contributed by atoms with van der Waals surface area (Å²) in [6.07, 6.45) is 3.29. The molecule has 42 heavy (non-hydrogen) atoms. The van der Waals surface area contributed by atoms with Crippen molar-refractivity contribution in [2.75, 3.05) is 6.54 Å². The molecule has 1 aliphatic heterocycles. The van der Waals surface area contributed by atoms with Crippen molar-refractivity contribution in [1.82, 2.24) is 5.32 Å². The Balaban J connectivity index is 1.06. The molecule has 3 aliphatic carbocycles. The largest absolute Gasteiger partial charge is 0.504 e. The Kier molecular flexibility index (Phi) is 7.22. The molecule has 2 bridgehead atoms. The van der Waals surface area contributed by atoms with E-state index in [1.54, 1.807) is 12.1 Å². The van der Waals surface area contributed by atoms with Gasteiger partial charge in [-0.1, -0.05) is 42.8 Å². The Labute approximate surface area is 243 Å². The molecule has 0 aromatic heterocycles. The summed E-state index contributed by atoms with van der Waals surface area (Å²) in [4.78, 5) is 37.8. The molecular weight excluding hydrogens is 540 g/mol. The van der Waals surface area contributed by atoms with E-state index in [2.05, 4.69) is 5.32 Å². The molecule has 6 rings (SSSR count). The normalized spacial score (nSPS) is 27.9. The van der Waals surface area contributed by atoms with Gasteiger partial charge >= 0.3 is 11.9 Å². The molecule has 10 heteroatoms. The number of phenolic OH excluding ortho intramolecular Hbond substituents is 1. The zero-order chi connectivity index (χ0) is 29.6. The molecule has 1 saturated carbocycles. The van der Waals surface area contributed by atoms with Crippen LogP contribution in [0.1, 0.15) is 55.7 Å². The minimum atomic E-state index is -1.22. The molecule has 5 N–H and O–H groups in total. The lowest BCUT2D eigenvalue weighted by Crippen LogP contribution is -2.67. The highest BCUT2D eigenvalue weighted by atomic mass is 16.6. The maximum Gasteiger partial charge on any atom is 0.352 e. The van der Waals surface area contributed by atoms with Crippen LogP contribution < -0.4 is 15.8 Å². The lowest BCUT2D eigenvalue weighted by atomic mass is 9.47. The first kappa shape index (κ1) is 28.2. The molecule has 1 heterocycles. The maximum atomic E-state index is 13.0. The number of amides is 1. The predicted octanol–water partition coefficient (Wildman–Crippen LogP) is 2.32. The van der Waals surface area contributed by atoms with E-state index < -0.39 is 41.2 Å². The second kappa shape index (κ2) is 10.7. The smallest absolute Gasteiger partial charge is 0.352 e. The fourth-order valence-electron chi connectivity index (χ4n) is 7.41. The van der Waals surface area contributed by atoms with Gasteiger partial charge in [0, 0.05) is 12.1 Å². The topological polar surface area (TPSA) is 157 Å². The van der Waals surface area contributed by atoms with E-state index >= 15 is 0 Å². The van der Waals surface area contributed by atoms with E-state index in [1.165, 1.54) is 6.92 Å². The van der Waals surface area contributed by atoms with Crippen molar-refractivity contribution in [2.24, 2.45) is 11.7 Å². The number of nitrogens with one attached hydrogen (secondary N) is 1. The first-order chi connectivity index (χ1) is 20.1. The van der Waals surface area contributed by atoms with Crippen molar-refractivity contribution >= 4 is 17.8 Å². The molecule has 4 aliphatic rings. The predicted molar refractivity (Wildman–Crippen MR) is 150 cm³/mol. The Hall–Kier alpha value is -3.89. The van der Waals surface area contributed by atoms with Crippen LogP contribution in [0.3, 0.4) is 0 Å². The fourth-order valence-corrected chi connectivity index (χ4v) is 7.41. The van der Waals surface area contributed by atoms with Crippen molar-refractivity contribution in [3.05, 3.63) is 71.0 Å². The second-order valence-electron chi connectivity index (χ2n) is 11.8. The molecule has 6 atom stereocenters. The maximum absolute atomic E-state index is 13.0. The summed E-state index contributed by atoms with van der Waals surface area (Å²) in [5, 5.41) is 25.3. The van der Waals surface area contributed by atoms with E-state index in [4.69, 9.17) is 19.9 Å². The van der Waals surface area contributed by atoms with Crippen LogP contribution >= 0.6 is 0 Å². The number of aromatic hydroxyl groups is 1. The van der Waals surface area contributed by atoms with E-state index in [0.717, 1.165) is 29.5 Å². The van der Waals surface area contributed by atoms with E-state index in [9.17, 15) is 24.6 Å². The number of hydrogen-bond acceptors (Lipinski definition) is 9. The summed E-state index contributed by atoms with van der Waals surface area (Å²) in [5.41, 5.74) is 6.85. The van der Waals surface area contributed by atoms with Gasteiger partial charge in [0.1, 0.15) is 5.76 Å². The van der Waals surface area contributed by atoms with Crippen molar-refractivity contribution in [3.63, 3.8) is 0 Å². The molecule has 1 spiro atoms. The average Bonchev–Trinajstić information content (AvgIpc) is 3.31. The van der Waals surface area contributed by atoms with Crippen LogP contribution in [0.25, 0.3) is 0 Å². The zero-order valence-electron chi connectivity index (χ0n) is 23.5. The van der Waals surface area contributed by atoms with Gasteiger partial charge in [-0.15, -0.1) is 0 Å². The van der Waals surface area contributed by atoms with Crippen LogP contribution in [0.15, 0.2) is 54.3 Å².